The van der Waals surface area contributed by atoms with Crippen LogP contribution >= 0.6 is 0 Å². The maximum Gasteiger partial charge on any atom is 0.260 e. The molecule has 2 aliphatic heterocycles. The molecule has 0 atom stereocenters. The minimum Gasteiger partial charge on any atom is -0.303 e. The van der Waals surface area contributed by atoms with Crippen molar-refractivity contribution >= 4 is 11.8 Å². The summed E-state index contributed by atoms with van der Waals surface area (Å²) in [6, 6.07) is 18.5. The summed E-state index contributed by atoms with van der Waals surface area (Å²) < 4.78 is 0. The molecule has 4 heteroatoms. The van der Waals surface area contributed by atoms with E-state index in [0.717, 1.165) is 31.4 Å². The van der Waals surface area contributed by atoms with Gasteiger partial charge in [-0.2, -0.15) is 0 Å². The lowest BCUT2D eigenvalue weighted by Gasteiger charge is -2.32. The Morgan fingerprint density at radius 2 is 1.47 bits per heavy atom. The van der Waals surface area contributed by atoms with Crippen LogP contribution in [0.3, 0.4) is 0 Å². The number of hydrogen-bond acceptors (Lipinski definition) is 3. The average molecular weight is 405 g/mol. The molecule has 2 aromatic rings. The van der Waals surface area contributed by atoms with Crippen LogP contribution in [-0.4, -0.2) is 47.8 Å². The van der Waals surface area contributed by atoms with Gasteiger partial charge in [-0.15, -0.1) is 0 Å². The van der Waals surface area contributed by atoms with E-state index in [1.165, 1.54) is 36.4 Å². The number of imide groups is 1. The summed E-state index contributed by atoms with van der Waals surface area (Å²) in [4.78, 5) is 29.3. The molecule has 2 heterocycles. The maximum absolute atomic E-state index is 12.8. The number of fused-ring (bicyclic) bond motifs is 1. The highest BCUT2D eigenvalue weighted by molar-refractivity contribution is 6.06. The molecule has 2 aliphatic rings. The van der Waals surface area contributed by atoms with Gasteiger partial charge in [0.25, 0.3) is 5.91 Å². The van der Waals surface area contributed by atoms with E-state index in [1.54, 1.807) is 0 Å². The van der Waals surface area contributed by atoms with Crippen LogP contribution in [0.5, 0.6) is 0 Å². The zero-order valence-corrected chi connectivity index (χ0v) is 17.8. The van der Waals surface area contributed by atoms with Gasteiger partial charge in [-0.1, -0.05) is 55.0 Å². The van der Waals surface area contributed by atoms with Crippen molar-refractivity contribution in [1.82, 2.24) is 9.80 Å². The second-order valence-corrected chi connectivity index (χ2v) is 8.59. The standard InChI is InChI=1S/C26H32N2O2/c29-25-14-13-23-11-5-6-12-24(23)26(30)28(25)18-8-2-7-17-27-19-15-22(16-20-27)21-9-3-1-4-10-21/h1,3-6,9-12,22H,2,7-8,13-20H2. The first-order chi connectivity index (χ1) is 14.7. The molecule has 4 nitrogen and oxygen atoms in total. The number of aryl methyl sites for hydroxylation is 1. The lowest BCUT2D eigenvalue weighted by atomic mass is 9.89. The minimum atomic E-state index is -0.115. The predicted molar refractivity (Wildman–Crippen MR) is 120 cm³/mol. The van der Waals surface area contributed by atoms with E-state index < -0.39 is 0 Å². The smallest absolute Gasteiger partial charge is 0.260 e. The van der Waals surface area contributed by atoms with Gasteiger partial charge in [0.2, 0.25) is 5.91 Å². The largest absolute Gasteiger partial charge is 0.303 e. The molecule has 0 aliphatic carbocycles. The van der Waals surface area contributed by atoms with Crippen molar-refractivity contribution in [2.75, 3.05) is 26.2 Å². The van der Waals surface area contributed by atoms with Gasteiger partial charge in [0.15, 0.2) is 0 Å². The highest BCUT2D eigenvalue weighted by Gasteiger charge is 2.27. The van der Waals surface area contributed by atoms with Gasteiger partial charge < -0.3 is 4.90 Å². The van der Waals surface area contributed by atoms with Crippen molar-refractivity contribution in [3.8, 4) is 0 Å². The lowest BCUT2D eigenvalue weighted by Crippen LogP contribution is -2.36. The maximum atomic E-state index is 12.8. The summed E-state index contributed by atoms with van der Waals surface area (Å²) in [7, 11) is 0. The first kappa shape index (κ1) is 20.8. The van der Waals surface area contributed by atoms with E-state index in [-0.39, 0.29) is 11.8 Å². The lowest BCUT2D eigenvalue weighted by molar-refractivity contribution is -0.128. The Balaban J connectivity index is 1.18. The summed E-state index contributed by atoms with van der Waals surface area (Å²) >= 11 is 0. The average Bonchev–Trinajstić information content (AvgIpc) is 2.91. The van der Waals surface area contributed by atoms with E-state index in [9.17, 15) is 9.59 Å². The second-order valence-electron chi connectivity index (χ2n) is 8.59. The van der Waals surface area contributed by atoms with Gasteiger partial charge >= 0.3 is 0 Å². The van der Waals surface area contributed by atoms with Crippen molar-refractivity contribution in [2.24, 2.45) is 0 Å². The number of unbranched alkanes of at least 4 members (excludes halogenated alkanes) is 2. The number of piperidine rings is 1. The van der Waals surface area contributed by atoms with Crippen LogP contribution in [0.2, 0.25) is 0 Å². The number of benzene rings is 2. The molecule has 2 aromatic carbocycles. The Labute approximate surface area is 179 Å². The van der Waals surface area contributed by atoms with Gasteiger partial charge in [0, 0.05) is 18.5 Å². The molecule has 158 valence electrons. The molecular weight excluding hydrogens is 372 g/mol. The van der Waals surface area contributed by atoms with E-state index in [1.807, 2.05) is 24.3 Å². The number of nitrogens with zero attached hydrogens (tertiary/aromatic N) is 2. The number of amides is 2. The van der Waals surface area contributed by atoms with Crippen molar-refractivity contribution in [2.45, 2.75) is 50.9 Å². The van der Waals surface area contributed by atoms with Crippen LogP contribution in [-0.2, 0) is 11.2 Å². The summed E-state index contributed by atoms with van der Waals surface area (Å²) in [6.45, 7) is 3.99. The SMILES string of the molecule is O=C1CCc2ccccc2C(=O)N1CCCCCN1CCC(c2ccccc2)CC1. The van der Waals surface area contributed by atoms with Crippen LogP contribution in [0.1, 0.15) is 65.9 Å². The fraction of sp³-hybridized carbons (Fsp3) is 0.462. The molecule has 0 unspecified atom stereocenters. The molecule has 1 saturated heterocycles. The van der Waals surface area contributed by atoms with Crippen LogP contribution in [0.25, 0.3) is 0 Å². The Morgan fingerprint density at radius 1 is 0.767 bits per heavy atom. The third-order valence-electron chi connectivity index (χ3n) is 6.62. The van der Waals surface area contributed by atoms with Crippen molar-refractivity contribution in [3.05, 3.63) is 71.3 Å². The van der Waals surface area contributed by atoms with Crippen molar-refractivity contribution < 1.29 is 9.59 Å². The first-order valence-corrected chi connectivity index (χ1v) is 11.4. The first-order valence-electron chi connectivity index (χ1n) is 11.4. The van der Waals surface area contributed by atoms with E-state index in [4.69, 9.17) is 0 Å². The summed E-state index contributed by atoms with van der Waals surface area (Å²) in [5.74, 6) is 0.556. The highest BCUT2D eigenvalue weighted by atomic mass is 16.2. The van der Waals surface area contributed by atoms with Gasteiger partial charge in [-0.25, -0.2) is 0 Å². The van der Waals surface area contributed by atoms with Gasteiger partial charge in [-0.3, -0.25) is 14.5 Å². The van der Waals surface area contributed by atoms with Gasteiger partial charge in [0.1, 0.15) is 0 Å². The van der Waals surface area contributed by atoms with Crippen molar-refractivity contribution in [3.63, 3.8) is 0 Å². The van der Waals surface area contributed by atoms with E-state index in [0.29, 0.717) is 30.9 Å². The topological polar surface area (TPSA) is 40.6 Å². The monoisotopic (exact) mass is 404 g/mol. The fourth-order valence-corrected chi connectivity index (χ4v) is 4.81. The zero-order chi connectivity index (χ0) is 20.8. The van der Waals surface area contributed by atoms with Crippen LogP contribution in [0.15, 0.2) is 54.6 Å². The van der Waals surface area contributed by atoms with E-state index in [2.05, 4.69) is 35.2 Å². The van der Waals surface area contributed by atoms with Crippen LogP contribution < -0.4 is 0 Å². The molecule has 0 bridgehead atoms. The molecule has 0 radical (unpaired) electrons. The quantitative estimate of drug-likeness (QED) is 0.498. The number of likely N-dealkylation sites (tertiary alicyclic amines) is 1. The normalized spacial score (nSPS) is 18.3. The Hall–Kier alpha value is -2.46. The third kappa shape index (κ3) is 4.99. The van der Waals surface area contributed by atoms with Gasteiger partial charge in [0.05, 0.1) is 0 Å². The molecule has 0 spiro atoms. The predicted octanol–water partition coefficient (Wildman–Crippen LogP) is 4.65. The zero-order valence-electron chi connectivity index (χ0n) is 17.8. The van der Waals surface area contributed by atoms with Crippen LogP contribution in [0.4, 0.5) is 0 Å². The van der Waals surface area contributed by atoms with E-state index >= 15 is 0 Å². The summed E-state index contributed by atoms with van der Waals surface area (Å²) in [5.41, 5.74) is 3.17. The molecular formula is C26H32N2O2. The molecule has 30 heavy (non-hydrogen) atoms. The number of carbonyl (C=O) groups is 2. The Bertz CT molecular complexity index is 856. The summed E-state index contributed by atoms with van der Waals surface area (Å²) in [6.07, 6.45) is 6.63. The molecule has 1 fully saturated rings. The van der Waals surface area contributed by atoms with Crippen molar-refractivity contribution in [1.29, 1.82) is 0 Å². The Kier molecular flexibility index (Phi) is 6.96. The third-order valence-corrected chi connectivity index (χ3v) is 6.62. The number of hydrogen-bond donors (Lipinski definition) is 0. The summed E-state index contributed by atoms with van der Waals surface area (Å²) in [5, 5.41) is 0. The molecule has 0 saturated carbocycles. The number of carbonyl (C=O) groups excluding carboxylic acids is 2. The minimum absolute atomic E-state index is 0.0285. The highest BCUT2D eigenvalue weighted by Crippen LogP contribution is 2.28. The molecule has 0 N–H and O–H groups in total. The molecule has 2 amide bonds. The molecule has 0 aromatic heterocycles. The molecule has 4 rings (SSSR count). The van der Waals surface area contributed by atoms with Crippen LogP contribution in [0, 0.1) is 0 Å². The Morgan fingerprint density at radius 3 is 2.27 bits per heavy atom. The second kappa shape index (κ2) is 10.0. The number of rotatable bonds is 7. The fourth-order valence-electron chi connectivity index (χ4n) is 4.81. The van der Waals surface area contributed by atoms with Gasteiger partial charge in [-0.05, 0) is 74.8 Å².